The van der Waals surface area contributed by atoms with Crippen molar-refractivity contribution in [1.82, 2.24) is 14.6 Å². The summed E-state index contributed by atoms with van der Waals surface area (Å²) in [6, 6.07) is 11.1. The van der Waals surface area contributed by atoms with Crippen molar-refractivity contribution in [3.8, 4) is 0 Å². The molecule has 0 bridgehead atoms. The summed E-state index contributed by atoms with van der Waals surface area (Å²) in [7, 11) is 0. The van der Waals surface area contributed by atoms with Gasteiger partial charge >= 0.3 is 5.97 Å². The molecule has 3 aromatic rings. The molecule has 0 aliphatic carbocycles. The average molecular weight is 333 g/mol. The molecule has 3 rings (SSSR count). The highest BCUT2D eigenvalue weighted by Gasteiger charge is 2.09. The van der Waals surface area contributed by atoms with Crippen molar-refractivity contribution < 1.29 is 9.90 Å². The lowest BCUT2D eigenvalue weighted by atomic mass is 10.3. The second-order valence-electron chi connectivity index (χ2n) is 4.08. The lowest BCUT2D eigenvalue weighted by Gasteiger charge is -2.05. The van der Waals surface area contributed by atoms with E-state index in [0.717, 1.165) is 10.2 Å². The van der Waals surface area contributed by atoms with E-state index >= 15 is 0 Å². The molecule has 0 spiro atoms. The molecule has 6 nitrogen and oxygen atoms in total. The molecule has 20 heavy (non-hydrogen) atoms. The van der Waals surface area contributed by atoms with Crippen molar-refractivity contribution in [2.45, 2.75) is 0 Å². The lowest BCUT2D eigenvalue weighted by molar-refractivity contribution is 0.0691. The molecule has 0 saturated heterocycles. The van der Waals surface area contributed by atoms with Crippen molar-refractivity contribution in [1.29, 1.82) is 0 Å². The first-order chi connectivity index (χ1) is 9.61. The summed E-state index contributed by atoms with van der Waals surface area (Å²) in [5.74, 6) is -0.466. The number of halogens is 1. The van der Waals surface area contributed by atoms with Crippen LogP contribution in [0.15, 0.2) is 47.1 Å². The van der Waals surface area contributed by atoms with Gasteiger partial charge in [-0.3, -0.25) is 0 Å². The number of imidazole rings is 1. The van der Waals surface area contributed by atoms with Gasteiger partial charge in [0.25, 0.3) is 0 Å². The molecule has 100 valence electrons. The van der Waals surface area contributed by atoms with E-state index in [1.807, 2.05) is 24.3 Å². The third kappa shape index (κ3) is 2.48. The predicted molar refractivity (Wildman–Crippen MR) is 77.4 cm³/mol. The number of carboxylic acid groups (broad SMARTS) is 1. The van der Waals surface area contributed by atoms with Crippen LogP contribution in [-0.4, -0.2) is 25.7 Å². The van der Waals surface area contributed by atoms with Crippen LogP contribution in [0.4, 0.5) is 11.5 Å². The molecule has 1 aromatic carbocycles. The standard InChI is InChI=1S/C13H9BrN4O2/c14-8-1-3-9(4-2-8)15-11-5-6-12-16-10(13(19)20)7-18(12)17-11/h1-7H,(H,15,17)(H,19,20). The van der Waals surface area contributed by atoms with Crippen molar-refractivity contribution in [3.05, 3.63) is 52.8 Å². The highest BCUT2D eigenvalue weighted by Crippen LogP contribution is 2.18. The summed E-state index contributed by atoms with van der Waals surface area (Å²) in [5, 5.41) is 16.3. The van der Waals surface area contributed by atoms with Crippen molar-refractivity contribution in [2.24, 2.45) is 0 Å². The fourth-order valence-corrected chi connectivity index (χ4v) is 2.00. The molecule has 2 aromatic heterocycles. The minimum atomic E-state index is -1.07. The Morgan fingerprint density at radius 3 is 2.65 bits per heavy atom. The minimum absolute atomic E-state index is 0.0294. The molecule has 0 fully saturated rings. The van der Waals surface area contributed by atoms with Gasteiger partial charge < -0.3 is 10.4 Å². The topological polar surface area (TPSA) is 79.5 Å². The number of carbonyl (C=O) groups is 1. The summed E-state index contributed by atoms with van der Waals surface area (Å²) in [4.78, 5) is 14.8. The molecule has 2 N–H and O–H groups in total. The first kappa shape index (κ1) is 12.6. The van der Waals surface area contributed by atoms with E-state index < -0.39 is 5.97 Å². The van der Waals surface area contributed by atoms with Crippen LogP contribution in [0.25, 0.3) is 5.65 Å². The van der Waals surface area contributed by atoms with E-state index in [1.54, 1.807) is 12.1 Å². The Labute approximate surface area is 122 Å². The van der Waals surface area contributed by atoms with Gasteiger partial charge in [-0.25, -0.2) is 14.3 Å². The molecular formula is C13H9BrN4O2. The smallest absolute Gasteiger partial charge is 0.356 e. The van der Waals surface area contributed by atoms with Gasteiger partial charge in [-0.05, 0) is 36.4 Å². The van der Waals surface area contributed by atoms with Crippen molar-refractivity contribution >= 4 is 39.1 Å². The summed E-state index contributed by atoms with van der Waals surface area (Å²) in [5.41, 5.74) is 1.35. The molecule has 0 atom stereocenters. The number of nitrogens with zero attached hydrogens (tertiary/aromatic N) is 3. The van der Waals surface area contributed by atoms with Crippen LogP contribution in [0.3, 0.4) is 0 Å². The third-order valence-electron chi connectivity index (χ3n) is 2.66. The van der Waals surface area contributed by atoms with Crippen molar-refractivity contribution in [3.63, 3.8) is 0 Å². The SMILES string of the molecule is O=C(O)c1cn2nc(Nc3ccc(Br)cc3)ccc2n1. The number of benzene rings is 1. The summed E-state index contributed by atoms with van der Waals surface area (Å²) >= 11 is 3.37. The number of aromatic nitrogens is 3. The molecule has 0 aliphatic heterocycles. The Kier molecular flexibility index (Phi) is 3.11. The highest BCUT2D eigenvalue weighted by molar-refractivity contribution is 9.10. The Bertz CT molecular complexity index is 783. The molecule has 0 unspecified atom stereocenters. The summed E-state index contributed by atoms with van der Waals surface area (Å²) < 4.78 is 2.43. The molecule has 2 heterocycles. The quantitative estimate of drug-likeness (QED) is 0.770. The number of anilines is 2. The van der Waals surface area contributed by atoms with E-state index in [2.05, 4.69) is 31.3 Å². The van der Waals surface area contributed by atoms with Gasteiger partial charge in [-0.2, -0.15) is 0 Å². The van der Waals surface area contributed by atoms with Crippen LogP contribution < -0.4 is 5.32 Å². The average Bonchev–Trinajstić information content (AvgIpc) is 2.85. The first-order valence-corrected chi connectivity index (χ1v) is 6.53. The third-order valence-corrected chi connectivity index (χ3v) is 3.18. The van der Waals surface area contributed by atoms with Crippen LogP contribution in [0.2, 0.25) is 0 Å². The van der Waals surface area contributed by atoms with E-state index in [1.165, 1.54) is 10.7 Å². The Hall–Kier alpha value is -2.41. The van der Waals surface area contributed by atoms with Gasteiger partial charge in [0.2, 0.25) is 0 Å². The molecule has 7 heteroatoms. The Morgan fingerprint density at radius 2 is 1.95 bits per heavy atom. The molecule has 0 radical (unpaired) electrons. The predicted octanol–water partition coefficient (Wildman–Crippen LogP) is 2.93. The maximum atomic E-state index is 10.9. The maximum Gasteiger partial charge on any atom is 0.356 e. The van der Waals surface area contributed by atoms with Gasteiger partial charge in [0.1, 0.15) is 0 Å². The number of carboxylic acids is 1. The lowest BCUT2D eigenvalue weighted by Crippen LogP contribution is -1.98. The Balaban J connectivity index is 1.92. The van der Waals surface area contributed by atoms with Gasteiger partial charge in [-0.15, -0.1) is 5.10 Å². The zero-order valence-electron chi connectivity index (χ0n) is 10.1. The van der Waals surface area contributed by atoms with Crippen molar-refractivity contribution in [2.75, 3.05) is 5.32 Å². The number of aromatic carboxylic acids is 1. The van der Waals surface area contributed by atoms with Gasteiger partial charge in [-0.1, -0.05) is 15.9 Å². The van der Waals surface area contributed by atoms with E-state index in [-0.39, 0.29) is 5.69 Å². The first-order valence-electron chi connectivity index (χ1n) is 5.74. The number of hydrogen-bond acceptors (Lipinski definition) is 4. The van der Waals surface area contributed by atoms with Gasteiger partial charge in [0.15, 0.2) is 17.2 Å². The summed E-state index contributed by atoms with van der Waals surface area (Å²) in [6.07, 6.45) is 1.38. The fraction of sp³-hybridized carbons (Fsp3) is 0. The molecule has 0 saturated carbocycles. The second-order valence-corrected chi connectivity index (χ2v) is 5.00. The van der Waals surface area contributed by atoms with E-state index in [0.29, 0.717) is 11.5 Å². The number of fused-ring (bicyclic) bond motifs is 1. The molecular weight excluding hydrogens is 324 g/mol. The minimum Gasteiger partial charge on any atom is -0.476 e. The number of nitrogens with one attached hydrogen (secondary N) is 1. The normalized spacial score (nSPS) is 10.7. The van der Waals surface area contributed by atoms with Crippen LogP contribution in [0.5, 0.6) is 0 Å². The van der Waals surface area contributed by atoms with E-state index in [9.17, 15) is 4.79 Å². The molecule has 0 amide bonds. The van der Waals surface area contributed by atoms with Crippen LogP contribution in [-0.2, 0) is 0 Å². The van der Waals surface area contributed by atoms with Crippen LogP contribution >= 0.6 is 15.9 Å². The number of rotatable bonds is 3. The second kappa shape index (κ2) is 4.93. The summed E-state index contributed by atoms with van der Waals surface area (Å²) in [6.45, 7) is 0. The van der Waals surface area contributed by atoms with Crippen LogP contribution in [0, 0.1) is 0 Å². The van der Waals surface area contributed by atoms with Gasteiger partial charge in [0, 0.05) is 10.2 Å². The van der Waals surface area contributed by atoms with Gasteiger partial charge in [0.05, 0.1) is 6.20 Å². The monoisotopic (exact) mass is 332 g/mol. The fourth-order valence-electron chi connectivity index (χ4n) is 1.73. The largest absolute Gasteiger partial charge is 0.476 e. The molecule has 0 aliphatic rings. The highest BCUT2D eigenvalue weighted by atomic mass is 79.9. The van der Waals surface area contributed by atoms with E-state index in [4.69, 9.17) is 5.11 Å². The number of hydrogen-bond donors (Lipinski definition) is 2. The van der Waals surface area contributed by atoms with Crippen LogP contribution in [0.1, 0.15) is 10.5 Å². The maximum absolute atomic E-state index is 10.9. The Morgan fingerprint density at radius 1 is 1.20 bits per heavy atom. The zero-order valence-corrected chi connectivity index (χ0v) is 11.7. The zero-order chi connectivity index (χ0) is 14.1.